The van der Waals surface area contributed by atoms with Gasteiger partial charge in [0.2, 0.25) is 0 Å². The number of aromatic amines is 1. The molecule has 9 heteroatoms. The largest absolute Gasteiger partial charge is 0.464 e. The van der Waals surface area contributed by atoms with Crippen molar-refractivity contribution in [2.75, 3.05) is 33.4 Å². The van der Waals surface area contributed by atoms with Crippen molar-refractivity contribution in [1.29, 1.82) is 0 Å². The van der Waals surface area contributed by atoms with E-state index in [-0.39, 0.29) is 22.9 Å². The van der Waals surface area contributed by atoms with E-state index >= 15 is 0 Å². The molecule has 22 heavy (non-hydrogen) atoms. The zero-order chi connectivity index (χ0) is 15.7. The van der Waals surface area contributed by atoms with Crippen molar-refractivity contribution >= 4 is 17.5 Å². The molecule has 2 aromatic rings. The molecule has 116 valence electrons. The number of aromatic nitrogens is 3. The fourth-order valence-electron chi connectivity index (χ4n) is 2.28. The van der Waals surface area contributed by atoms with Gasteiger partial charge in [-0.05, 0) is 0 Å². The molecule has 0 atom stereocenters. The van der Waals surface area contributed by atoms with Gasteiger partial charge in [0.25, 0.3) is 11.5 Å². The molecule has 0 radical (unpaired) electrons. The number of ether oxygens (including phenoxy) is 2. The second-order valence-electron chi connectivity index (χ2n) is 4.73. The number of morpholine rings is 1. The summed E-state index contributed by atoms with van der Waals surface area (Å²) in [6.45, 7) is 1.83. The van der Waals surface area contributed by atoms with Gasteiger partial charge in [0.15, 0.2) is 11.3 Å². The monoisotopic (exact) mass is 306 g/mol. The molecule has 0 aromatic carbocycles. The van der Waals surface area contributed by atoms with Crippen LogP contribution in [0.2, 0.25) is 0 Å². The number of imidazole rings is 1. The van der Waals surface area contributed by atoms with Crippen LogP contribution >= 0.6 is 0 Å². The fraction of sp³-hybridized carbons (Fsp3) is 0.385. The zero-order valence-corrected chi connectivity index (χ0v) is 11.9. The standard InChI is InChI=1S/C13H14N4O5/c1-21-13(20)8-6-9(18)17-7-14-10(11(17)15-8)12(19)16-2-4-22-5-3-16/h6-7,15H,2-5H2,1H3. The molecule has 9 nitrogen and oxygen atoms in total. The number of fused-ring (bicyclic) bond motifs is 1. The molecular weight excluding hydrogens is 292 g/mol. The highest BCUT2D eigenvalue weighted by molar-refractivity contribution is 5.98. The van der Waals surface area contributed by atoms with Gasteiger partial charge in [-0.1, -0.05) is 0 Å². The fourth-order valence-corrected chi connectivity index (χ4v) is 2.28. The molecule has 3 rings (SSSR count). The highest BCUT2D eigenvalue weighted by Gasteiger charge is 2.24. The van der Waals surface area contributed by atoms with Gasteiger partial charge < -0.3 is 19.4 Å². The SMILES string of the molecule is COC(=O)c1cc(=O)n2cnc(C(=O)N3CCOCC3)c2[nH]1. The van der Waals surface area contributed by atoms with Gasteiger partial charge in [0.1, 0.15) is 12.0 Å². The summed E-state index contributed by atoms with van der Waals surface area (Å²) in [7, 11) is 1.21. The number of methoxy groups -OCH3 is 1. The van der Waals surface area contributed by atoms with Crippen molar-refractivity contribution in [3.05, 3.63) is 34.1 Å². The van der Waals surface area contributed by atoms with Crippen molar-refractivity contribution in [3.63, 3.8) is 0 Å². The first-order chi connectivity index (χ1) is 10.6. The minimum atomic E-state index is -0.689. The van der Waals surface area contributed by atoms with Crippen LogP contribution in [0.1, 0.15) is 21.0 Å². The molecule has 0 saturated carbocycles. The Hall–Kier alpha value is -2.68. The third-order valence-corrected chi connectivity index (χ3v) is 3.43. The predicted octanol–water partition coefficient (Wildman–Crippen LogP) is -0.718. The van der Waals surface area contributed by atoms with Crippen LogP contribution in [0.3, 0.4) is 0 Å². The smallest absolute Gasteiger partial charge is 0.354 e. The Balaban J connectivity index is 2.06. The van der Waals surface area contributed by atoms with E-state index in [0.717, 1.165) is 6.07 Å². The van der Waals surface area contributed by atoms with E-state index < -0.39 is 11.5 Å². The van der Waals surface area contributed by atoms with Crippen LogP contribution in [0.15, 0.2) is 17.2 Å². The highest BCUT2D eigenvalue weighted by Crippen LogP contribution is 2.11. The molecular formula is C13H14N4O5. The molecule has 2 aromatic heterocycles. The Morgan fingerprint density at radius 2 is 2.09 bits per heavy atom. The van der Waals surface area contributed by atoms with Crippen LogP contribution in [0.5, 0.6) is 0 Å². The maximum absolute atomic E-state index is 12.5. The first kappa shape index (κ1) is 14.3. The van der Waals surface area contributed by atoms with E-state index in [9.17, 15) is 14.4 Å². The van der Waals surface area contributed by atoms with E-state index in [2.05, 4.69) is 14.7 Å². The average Bonchev–Trinajstić information content (AvgIpc) is 2.98. The van der Waals surface area contributed by atoms with E-state index in [0.29, 0.717) is 26.3 Å². The Labute approximate surface area is 124 Å². The lowest BCUT2D eigenvalue weighted by Gasteiger charge is -2.26. The lowest BCUT2D eigenvalue weighted by Crippen LogP contribution is -2.41. The van der Waals surface area contributed by atoms with Crippen molar-refractivity contribution in [1.82, 2.24) is 19.3 Å². The molecule has 1 amide bonds. The van der Waals surface area contributed by atoms with Crippen LogP contribution in [-0.2, 0) is 9.47 Å². The Kier molecular flexibility index (Phi) is 3.63. The van der Waals surface area contributed by atoms with Crippen molar-refractivity contribution in [2.24, 2.45) is 0 Å². The third-order valence-electron chi connectivity index (χ3n) is 3.43. The summed E-state index contributed by atoms with van der Waals surface area (Å²) in [5.74, 6) is -1.01. The number of carbonyl (C=O) groups is 2. The maximum Gasteiger partial charge on any atom is 0.354 e. The van der Waals surface area contributed by atoms with Gasteiger partial charge in [-0.3, -0.25) is 14.0 Å². The van der Waals surface area contributed by atoms with E-state index in [4.69, 9.17) is 4.74 Å². The first-order valence-corrected chi connectivity index (χ1v) is 6.67. The lowest BCUT2D eigenvalue weighted by atomic mass is 10.3. The van der Waals surface area contributed by atoms with Gasteiger partial charge in [-0.25, -0.2) is 9.78 Å². The van der Waals surface area contributed by atoms with Gasteiger partial charge in [-0.15, -0.1) is 0 Å². The summed E-state index contributed by atoms with van der Waals surface area (Å²) in [6.07, 6.45) is 1.25. The zero-order valence-electron chi connectivity index (χ0n) is 11.9. The topological polar surface area (TPSA) is 106 Å². The molecule has 1 aliphatic heterocycles. The Morgan fingerprint density at radius 3 is 2.77 bits per heavy atom. The molecule has 0 unspecified atom stereocenters. The minimum Gasteiger partial charge on any atom is -0.464 e. The second kappa shape index (κ2) is 5.60. The molecule has 1 saturated heterocycles. The molecule has 3 heterocycles. The van der Waals surface area contributed by atoms with Crippen LogP contribution in [-0.4, -0.2) is 64.6 Å². The van der Waals surface area contributed by atoms with Crippen LogP contribution in [0.25, 0.3) is 5.65 Å². The predicted molar refractivity (Wildman–Crippen MR) is 73.9 cm³/mol. The number of hydrogen-bond acceptors (Lipinski definition) is 6. The number of H-pyrrole nitrogens is 1. The number of nitrogens with zero attached hydrogens (tertiary/aromatic N) is 3. The van der Waals surface area contributed by atoms with Gasteiger partial charge in [0, 0.05) is 19.2 Å². The number of hydrogen-bond donors (Lipinski definition) is 1. The molecule has 0 aliphatic carbocycles. The molecule has 1 N–H and O–H groups in total. The van der Waals surface area contributed by atoms with E-state index in [1.165, 1.54) is 17.8 Å². The van der Waals surface area contributed by atoms with Gasteiger partial charge >= 0.3 is 5.97 Å². The summed E-state index contributed by atoms with van der Waals surface area (Å²) >= 11 is 0. The van der Waals surface area contributed by atoms with Crippen molar-refractivity contribution in [2.45, 2.75) is 0 Å². The summed E-state index contributed by atoms with van der Waals surface area (Å²) in [5, 5.41) is 0. The van der Waals surface area contributed by atoms with Crippen LogP contribution in [0.4, 0.5) is 0 Å². The average molecular weight is 306 g/mol. The number of amides is 1. The Bertz CT molecular complexity index is 787. The summed E-state index contributed by atoms with van der Waals surface area (Å²) in [4.78, 5) is 44.4. The lowest BCUT2D eigenvalue weighted by molar-refractivity contribution is 0.0300. The van der Waals surface area contributed by atoms with Crippen molar-refractivity contribution in [3.8, 4) is 0 Å². The second-order valence-corrected chi connectivity index (χ2v) is 4.73. The number of rotatable bonds is 2. The third kappa shape index (κ3) is 2.35. The number of nitrogens with one attached hydrogen (secondary N) is 1. The minimum absolute atomic E-state index is 0.0310. The number of esters is 1. The van der Waals surface area contributed by atoms with Crippen LogP contribution < -0.4 is 5.56 Å². The maximum atomic E-state index is 12.5. The molecule has 0 spiro atoms. The summed E-state index contributed by atoms with van der Waals surface area (Å²) < 4.78 is 11.0. The first-order valence-electron chi connectivity index (χ1n) is 6.67. The Morgan fingerprint density at radius 1 is 1.36 bits per heavy atom. The van der Waals surface area contributed by atoms with Crippen molar-refractivity contribution < 1.29 is 19.1 Å². The van der Waals surface area contributed by atoms with Gasteiger partial charge in [0.05, 0.1) is 20.3 Å². The van der Waals surface area contributed by atoms with Crippen LogP contribution in [0, 0.1) is 0 Å². The van der Waals surface area contributed by atoms with E-state index in [1.807, 2.05) is 0 Å². The molecule has 0 bridgehead atoms. The van der Waals surface area contributed by atoms with Gasteiger partial charge in [-0.2, -0.15) is 0 Å². The highest BCUT2D eigenvalue weighted by atomic mass is 16.5. The number of carbonyl (C=O) groups excluding carboxylic acids is 2. The normalized spacial score (nSPS) is 15.0. The van der Waals surface area contributed by atoms with E-state index in [1.54, 1.807) is 4.90 Å². The summed E-state index contributed by atoms with van der Waals surface area (Å²) in [5.41, 5.74) is -0.242. The summed E-state index contributed by atoms with van der Waals surface area (Å²) in [6, 6.07) is 1.10. The molecule has 1 fully saturated rings. The molecule has 1 aliphatic rings. The quantitative estimate of drug-likeness (QED) is 0.734.